The molecule has 0 aliphatic carbocycles. The molecular formula is C10H13F3O2. The van der Waals surface area contributed by atoms with Gasteiger partial charge >= 0.3 is 6.18 Å². The van der Waals surface area contributed by atoms with Crippen molar-refractivity contribution >= 4 is 0 Å². The van der Waals surface area contributed by atoms with Gasteiger partial charge in [-0.1, -0.05) is 20.8 Å². The summed E-state index contributed by atoms with van der Waals surface area (Å²) >= 11 is 0. The first-order chi connectivity index (χ1) is 6.61. The van der Waals surface area contributed by atoms with E-state index in [1.165, 1.54) is 26.8 Å². The van der Waals surface area contributed by atoms with Crippen LogP contribution in [-0.4, -0.2) is 11.3 Å². The number of hydrogen-bond donors (Lipinski definition) is 1. The van der Waals surface area contributed by atoms with Gasteiger partial charge in [0.25, 0.3) is 0 Å². The molecule has 1 N–H and O–H groups in total. The summed E-state index contributed by atoms with van der Waals surface area (Å²) in [5, 5.41) is 9.83. The highest BCUT2D eigenvalue weighted by atomic mass is 19.4. The molecule has 1 heterocycles. The van der Waals surface area contributed by atoms with Crippen LogP contribution in [0.4, 0.5) is 13.2 Å². The molecule has 1 aromatic heterocycles. The number of alkyl halides is 3. The van der Waals surface area contributed by atoms with E-state index in [0.29, 0.717) is 0 Å². The predicted octanol–water partition coefficient (Wildman–Crippen LogP) is 3.08. The van der Waals surface area contributed by atoms with Crippen LogP contribution in [0.15, 0.2) is 22.8 Å². The van der Waals surface area contributed by atoms with E-state index in [1.807, 2.05) is 0 Å². The monoisotopic (exact) mass is 222 g/mol. The summed E-state index contributed by atoms with van der Waals surface area (Å²) in [5.41, 5.74) is -4.37. The van der Waals surface area contributed by atoms with E-state index in [4.69, 9.17) is 0 Å². The van der Waals surface area contributed by atoms with Crippen molar-refractivity contribution in [3.63, 3.8) is 0 Å². The van der Waals surface area contributed by atoms with Gasteiger partial charge < -0.3 is 9.52 Å². The number of hydrogen-bond acceptors (Lipinski definition) is 2. The summed E-state index contributed by atoms with van der Waals surface area (Å²) in [4.78, 5) is 0. The molecule has 0 saturated heterocycles. The normalized spacial score (nSPS) is 17.5. The fraction of sp³-hybridized carbons (Fsp3) is 0.600. The Kier molecular flexibility index (Phi) is 2.63. The largest absolute Gasteiger partial charge is 0.466 e. The van der Waals surface area contributed by atoms with E-state index < -0.39 is 23.0 Å². The highest BCUT2D eigenvalue weighted by molar-refractivity contribution is 5.16. The summed E-state index contributed by atoms with van der Waals surface area (Å²) in [5.74, 6) is -0.484. The molecule has 0 amide bonds. The van der Waals surface area contributed by atoms with Crippen molar-refractivity contribution < 1.29 is 22.7 Å². The van der Waals surface area contributed by atoms with Gasteiger partial charge in [0.05, 0.1) is 6.26 Å². The highest BCUT2D eigenvalue weighted by Crippen LogP contribution is 2.50. The van der Waals surface area contributed by atoms with E-state index in [2.05, 4.69) is 4.42 Å². The zero-order valence-electron chi connectivity index (χ0n) is 8.72. The van der Waals surface area contributed by atoms with Crippen molar-refractivity contribution in [1.82, 2.24) is 0 Å². The smallest absolute Gasteiger partial charge is 0.425 e. The van der Waals surface area contributed by atoms with Crippen LogP contribution in [-0.2, 0) is 5.60 Å². The van der Waals surface area contributed by atoms with Crippen LogP contribution in [0.5, 0.6) is 0 Å². The minimum Gasteiger partial charge on any atom is -0.466 e. The quantitative estimate of drug-likeness (QED) is 0.792. The minimum absolute atomic E-state index is 0.484. The van der Waals surface area contributed by atoms with Crippen LogP contribution in [0.2, 0.25) is 0 Å². The molecule has 0 fully saturated rings. The van der Waals surface area contributed by atoms with Gasteiger partial charge in [-0.25, -0.2) is 0 Å². The first kappa shape index (κ1) is 12.1. The Morgan fingerprint density at radius 1 is 1.20 bits per heavy atom. The van der Waals surface area contributed by atoms with Gasteiger partial charge in [0, 0.05) is 5.41 Å². The third kappa shape index (κ3) is 1.76. The van der Waals surface area contributed by atoms with E-state index >= 15 is 0 Å². The van der Waals surface area contributed by atoms with Crippen LogP contribution in [0.1, 0.15) is 26.5 Å². The topological polar surface area (TPSA) is 33.4 Å². The van der Waals surface area contributed by atoms with Crippen molar-refractivity contribution in [1.29, 1.82) is 0 Å². The number of furan rings is 1. The molecule has 2 nitrogen and oxygen atoms in total. The Hall–Kier alpha value is -0.970. The van der Waals surface area contributed by atoms with E-state index in [1.54, 1.807) is 0 Å². The summed E-state index contributed by atoms with van der Waals surface area (Å²) < 4.78 is 43.2. The van der Waals surface area contributed by atoms with Crippen LogP contribution in [0, 0.1) is 5.41 Å². The zero-order valence-corrected chi connectivity index (χ0v) is 8.72. The molecule has 0 aliphatic heterocycles. The van der Waals surface area contributed by atoms with Gasteiger partial charge in [-0.05, 0) is 12.1 Å². The van der Waals surface area contributed by atoms with Gasteiger partial charge in [-0.3, -0.25) is 0 Å². The maximum Gasteiger partial charge on any atom is 0.425 e. The molecule has 0 aliphatic rings. The van der Waals surface area contributed by atoms with E-state index in [9.17, 15) is 18.3 Å². The predicted molar refractivity (Wildman–Crippen MR) is 48.1 cm³/mol. The van der Waals surface area contributed by atoms with Crippen molar-refractivity contribution in [2.75, 3.05) is 0 Å². The van der Waals surface area contributed by atoms with Crippen LogP contribution in [0.3, 0.4) is 0 Å². The van der Waals surface area contributed by atoms with E-state index in [0.717, 1.165) is 12.3 Å². The van der Waals surface area contributed by atoms with Crippen molar-refractivity contribution in [2.24, 2.45) is 5.41 Å². The summed E-state index contributed by atoms with van der Waals surface area (Å²) in [6.07, 6.45) is -3.67. The van der Waals surface area contributed by atoms with Gasteiger partial charge in [0.2, 0.25) is 5.60 Å². The van der Waals surface area contributed by atoms with Gasteiger partial charge in [-0.15, -0.1) is 0 Å². The van der Waals surface area contributed by atoms with Gasteiger partial charge in [-0.2, -0.15) is 13.2 Å². The average Bonchev–Trinajstić information content (AvgIpc) is 2.49. The molecule has 86 valence electrons. The Labute approximate surface area is 85.7 Å². The van der Waals surface area contributed by atoms with E-state index in [-0.39, 0.29) is 0 Å². The van der Waals surface area contributed by atoms with Gasteiger partial charge in [0.15, 0.2) is 0 Å². The highest BCUT2D eigenvalue weighted by Gasteiger charge is 2.63. The second-order valence-corrected chi connectivity index (χ2v) is 4.44. The summed E-state index contributed by atoms with van der Waals surface area (Å²) in [6, 6.07) is 2.44. The Morgan fingerprint density at radius 3 is 2.00 bits per heavy atom. The maximum atomic E-state index is 12.9. The number of aliphatic hydroxyl groups is 1. The molecule has 1 atom stereocenters. The maximum absolute atomic E-state index is 12.9. The third-order valence-corrected chi connectivity index (χ3v) is 2.37. The molecule has 0 bridgehead atoms. The Morgan fingerprint density at radius 2 is 1.73 bits per heavy atom. The average molecular weight is 222 g/mol. The molecule has 0 aromatic carbocycles. The number of rotatable bonds is 1. The second-order valence-electron chi connectivity index (χ2n) is 4.44. The second kappa shape index (κ2) is 3.27. The molecule has 1 rings (SSSR count). The minimum atomic E-state index is -4.77. The number of halogens is 3. The lowest BCUT2D eigenvalue weighted by Gasteiger charge is -2.39. The molecule has 5 heteroatoms. The molecule has 1 unspecified atom stereocenters. The first-order valence-electron chi connectivity index (χ1n) is 4.44. The van der Waals surface area contributed by atoms with Gasteiger partial charge in [0.1, 0.15) is 5.76 Å². The van der Waals surface area contributed by atoms with Crippen molar-refractivity contribution in [3.05, 3.63) is 24.2 Å². The molecule has 15 heavy (non-hydrogen) atoms. The molecule has 0 spiro atoms. The molecular weight excluding hydrogens is 209 g/mol. The third-order valence-electron chi connectivity index (χ3n) is 2.37. The fourth-order valence-corrected chi connectivity index (χ4v) is 1.42. The summed E-state index contributed by atoms with van der Waals surface area (Å²) in [6.45, 7) is 3.93. The molecule has 0 radical (unpaired) electrons. The lowest BCUT2D eigenvalue weighted by Crippen LogP contribution is -2.51. The standard InChI is InChI=1S/C10H13F3O2/c1-8(2,3)9(14,10(11,12)13)7-5-4-6-15-7/h4-6,14H,1-3H3. The summed E-state index contributed by atoms with van der Waals surface area (Å²) in [7, 11) is 0. The van der Waals surface area contributed by atoms with Crippen LogP contribution in [0.25, 0.3) is 0 Å². The fourth-order valence-electron chi connectivity index (χ4n) is 1.42. The lowest BCUT2D eigenvalue weighted by atomic mass is 9.74. The van der Waals surface area contributed by atoms with Crippen molar-refractivity contribution in [3.8, 4) is 0 Å². The SMILES string of the molecule is CC(C)(C)C(O)(c1ccco1)C(F)(F)F. The zero-order chi connectivity index (χ0) is 11.9. The van der Waals surface area contributed by atoms with Crippen molar-refractivity contribution in [2.45, 2.75) is 32.5 Å². The first-order valence-corrected chi connectivity index (χ1v) is 4.44. The van der Waals surface area contributed by atoms with Crippen LogP contribution < -0.4 is 0 Å². The molecule has 0 saturated carbocycles. The molecule has 1 aromatic rings. The van der Waals surface area contributed by atoms with Crippen LogP contribution >= 0.6 is 0 Å². The Bertz CT molecular complexity index is 305. The lowest BCUT2D eigenvalue weighted by molar-refractivity contribution is -0.308. The Balaban J connectivity index is 3.33.